The molecule has 1 aliphatic heterocycles. The number of ketones is 1. The Kier molecular flexibility index (Phi) is 4.40. The zero-order chi connectivity index (χ0) is 12.8. The zero-order valence-corrected chi connectivity index (χ0v) is 10.6. The minimum atomic E-state index is 0.200. The second-order valence-corrected chi connectivity index (χ2v) is 4.39. The van der Waals surface area contributed by atoms with Crippen molar-refractivity contribution in [2.75, 3.05) is 13.7 Å². The predicted octanol–water partition coefficient (Wildman–Crippen LogP) is 2.89. The molecule has 1 heterocycles. The van der Waals surface area contributed by atoms with Crippen molar-refractivity contribution in [2.45, 2.75) is 25.7 Å². The molecule has 0 aromatic heterocycles. The van der Waals surface area contributed by atoms with E-state index in [1.807, 2.05) is 24.3 Å². The van der Waals surface area contributed by atoms with Crippen molar-refractivity contribution in [1.29, 1.82) is 0 Å². The van der Waals surface area contributed by atoms with Gasteiger partial charge in [-0.15, -0.1) is 0 Å². The predicted molar refractivity (Wildman–Crippen MR) is 69.6 cm³/mol. The maximum Gasteiger partial charge on any atom is 0.162 e. The molecule has 18 heavy (non-hydrogen) atoms. The van der Waals surface area contributed by atoms with Crippen LogP contribution in [0.2, 0.25) is 0 Å². The number of hydrogen-bond acceptors (Lipinski definition) is 3. The normalized spacial score (nSPS) is 14.6. The van der Waals surface area contributed by atoms with Crippen LogP contribution in [0.4, 0.5) is 0 Å². The number of allylic oxidation sites excluding steroid dienone is 1. The lowest BCUT2D eigenvalue weighted by Crippen LogP contribution is -2.09. The van der Waals surface area contributed by atoms with Crippen molar-refractivity contribution in [3.05, 3.63) is 41.7 Å². The summed E-state index contributed by atoms with van der Waals surface area (Å²) in [6.07, 6.45) is 4.73. The highest BCUT2D eigenvalue weighted by Gasteiger charge is 2.13. The van der Waals surface area contributed by atoms with E-state index < -0.39 is 0 Å². The van der Waals surface area contributed by atoms with Crippen molar-refractivity contribution < 1.29 is 14.3 Å². The first kappa shape index (κ1) is 12.7. The van der Waals surface area contributed by atoms with Gasteiger partial charge in [0.2, 0.25) is 0 Å². The van der Waals surface area contributed by atoms with Crippen LogP contribution in [0.1, 0.15) is 24.8 Å². The van der Waals surface area contributed by atoms with Gasteiger partial charge in [0.25, 0.3) is 0 Å². The standard InChI is InChI=1S/C15H18O3/c1-17-14-7-4-12(5-8-14)6-9-15(16)13-3-2-10-18-11-13/h4-5,7-8,11H,2-3,6,9-10H2,1H3. The monoisotopic (exact) mass is 246 g/mol. The van der Waals surface area contributed by atoms with E-state index in [1.54, 1.807) is 13.4 Å². The number of Topliss-reactive ketones (excluding diaryl/α,β-unsaturated/α-hetero) is 1. The summed E-state index contributed by atoms with van der Waals surface area (Å²) in [5.41, 5.74) is 1.98. The summed E-state index contributed by atoms with van der Waals surface area (Å²) in [5.74, 6) is 1.04. The lowest BCUT2D eigenvalue weighted by Gasteiger charge is -2.12. The Hall–Kier alpha value is -1.77. The van der Waals surface area contributed by atoms with Crippen molar-refractivity contribution in [1.82, 2.24) is 0 Å². The quantitative estimate of drug-likeness (QED) is 0.801. The van der Waals surface area contributed by atoms with Gasteiger partial charge in [0, 0.05) is 12.0 Å². The smallest absolute Gasteiger partial charge is 0.162 e. The zero-order valence-electron chi connectivity index (χ0n) is 10.6. The summed E-state index contributed by atoms with van der Waals surface area (Å²) in [7, 11) is 1.65. The third-order valence-electron chi connectivity index (χ3n) is 3.09. The van der Waals surface area contributed by atoms with E-state index >= 15 is 0 Å². The third kappa shape index (κ3) is 3.36. The Morgan fingerprint density at radius 2 is 2.11 bits per heavy atom. The van der Waals surface area contributed by atoms with Gasteiger partial charge in [0.15, 0.2) is 5.78 Å². The number of methoxy groups -OCH3 is 1. The fourth-order valence-corrected chi connectivity index (χ4v) is 1.98. The molecule has 1 aromatic carbocycles. The average molecular weight is 246 g/mol. The Morgan fingerprint density at radius 1 is 1.33 bits per heavy atom. The van der Waals surface area contributed by atoms with Gasteiger partial charge < -0.3 is 9.47 Å². The molecule has 2 rings (SSSR count). The molecule has 0 bridgehead atoms. The molecule has 0 atom stereocenters. The van der Waals surface area contributed by atoms with Gasteiger partial charge in [-0.05, 0) is 37.0 Å². The molecule has 1 aliphatic rings. The molecule has 0 N–H and O–H groups in total. The van der Waals surface area contributed by atoms with E-state index in [-0.39, 0.29) is 5.78 Å². The summed E-state index contributed by atoms with van der Waals surface area (Å²) >= 11 is 0. The third-order valence-corrected chi connectivity index (χ3v) is 3.09. The molecule has 0 unspecified atom stereocenters. The maximum atomic E-state index is 11.9. The number of rotatable bonds is 5. The number of benzene rings is 1. The van der Waals surface area contributed by atoms with E-state index in [0.29, 0.717) is 6.42 Å². The Labute approximate surface area is 107 Å². The van der Waals surface area contributed by atoms with E-state index in [1.165, 1.54) is 0 Å². The first-order valence-electron chi connectivity index (χ1n) is 6.26. The largest absolute Gasteiger partial charge is 0.501 e. The number of ether oxygens (including phenoxy) is 2. The molecule has 0 amide bonds. The SMILES string of the molecule is COc1ccc(CCC(=O)C2=COCCC2)cc1. The minimum absolute atomic E-state index is 0.200. The first-order valence-corrected chi connectivity index (χ1v) is 6.26. The van der Waals surface area contributed by atoms with Crippen molar-refractivity contribution >= 4 is 5.78 Å². The summed E-state index contributed by atoms with van der Waals surface area (Å²) < 4.78 is 10.3. The average Bonchev–Trinajstić information content (AvgIpc) is 2.46. The summed E-state index contributed by atoms with van der Waals surface area (Å²) in [6, 6.07) is 7.83. The molecule has 1 aromatic rings. The molecule has 3 heteroatoms. The van der Waals surface area contributed by atoms with Crippen LogP contribution in [0, 0.1) is 0 Å². The van der Waals surface area contributed by atoms with Crippen LogP contribution in [0.25, 0.3) is 0 Å². The van der Waals surface area contributed by atoms with Gasteiger partial charge in [-0.2, -0.15) is 0 Å². The molecule has 0 radical (unpaired) electrons. The Balaban J connectivity index is 1.86. The van der Waals surface area contributed by atoms with Crippen LogP contribution in [0.15, 0.2) is 36.1 Å². The van der Waals surface area contributed by atoms with Gasteiger partial charge in [0.1, 0.15) is 5.75 Å². The van der Waals surface area contributed by atoms with Crippen molar-refractivity contribution in [2.24, 2.45) is 0 Å². The molecule has 0 aliphatic carbocycles. The summed E-state index contributed by atoms with van der Waals surface area (Å²) in [5, 5.41) is 0. The lowest BCUT2D eigenvalue weighted by atomic mass is 10.00. The van der Waals surface area contributed by atoms with Crippen molar-refractivity contribution in [3.8, 4) is 5.75 Å². The van der Waals surface area contributed by atoms with Crippen LogP contribution in [-0.4, -0.2) is 19.5 Å². The van der Waals surface area contributed by atoms with Crippen LogP contribution in [-0.2, 0) is 16.0 Å². The van der Waals surface area contributed by atoms with Gasteiger partial charge >= 0.3 is 0 Å². The van der Waals surface area contributed by atoms with Gasteiger partial charge in [-0.3, -0.25) is 4.79 Å². The van der Waals surface area contributed by atoms with Gasteiger partial charge in [-0.25, -0.2) is 0 Å². The minimum Gasteiger partial charge on any atom is -0.501 e. The highest BCUT2D eigenvalue weighted by molar-refractivity contribution is 5.95. The highest BCUT2D eigenvalue weighted by atomic mass is 16.5. The first-order chi connectivity index (χ1) is 8.79. The second-order valence-electron chi connectivity index (χ2n) is 4.39. The van der Waals surface area contributed by atoms with Crippen LogP contribution in [0.5, 0.6) is 5.75 Å². The number of carbonyl (C=O) groups is 1. The summed E-state index contributed by atoms with van der Waals surface area (Å²) in [4.78, 5) is 11.9. The molecule has 0 saturated carbocycles. The van der Waals surface area contributed by atoms with Crippen LogP contribution < -0.4 is 4.74 Å². The molecule has 0 spiro atoms. The van der Waals surface area contributed by atoms with E-state index in [2.05, 4.69) is 0 Å². The highest BCUT2D eigenvalue weighted by Crippen LogP contribution is 2.17. The Bertz CT molecular complexity index is 432. The van der Waals surface area contributed by atoms with Crippen molar-refractivity contribution in [3.63, 3.8) is 0 Å². The number of aryl methyl sites for hydroxylation is 1. The fourth-order valence-electron chi connectivity index (χ4n) is 1.98. The second kappa shape index (κ2) is 6.24. The van der Waals surface area contributed by atoms with Crippen LogP contribution >= 0.6 is 0 Å². The fraction of sp³-hybridized carbons (Fsp3) is 0.400. The maximum absolute atomic E-state index is 11.9. The molecule has 96 valence electrons. The number of hydrogen-bond donors (Lipinski definition) is 0. The van der Waals surface area contributed by atoms with Gasteiger partial charge in [-0.1, -0.05) is 12.1 Å². The van der Waals surface area contributed by atoms with E-state index in [0.717, 1.165) is 42.8 Å². The number of carbonyl (C=O) groups excluding carboxylic acids is 1. The molecular formula is C15H18O3. The molecule has 0 fully saturated rings. The van der Waals surface area contributed by atoms with E-state index in [9.17, 15) is 4.79 Å². The van der Waals surface area contributed by atoms with Crippen LogP contribution in [0.3, 0.4) is 0 Å². The molecule has 0 saturated heterocycles. The topological polar surface area (TPSA) is 35.5 Å². The Morgan fingerprint density at radius 3 is 2.72 bits per heavy atom. The summed E-state index contributed by atoms with van der Waals surface area (Å²) in [6.45, 7) is 0.731. The van der Waals surface area contributed by atoms with E-state index in [4.69, 9.17) is 9.47 Å². The van der Waals surface area contributed by atoms with Gasteiger partial charge in [0.05, 0.1) is 20.0 Å². The lowest BCUT2D eigenvalue weighted by molar-refractivity contribution is -0.116. The molecular weight excluding hydrogens is 228 g/mol. The molecule has 3 nitrogen and oxygen atoms in total.